The van der Waals surface area contributed by atoms with Gasteiger partial charge in [0.25, 0.3) is 0 Å². The quantitative estimate of drug-likeness (QED) is 0.631. The van der Waals surface area contributed by atoms with Crippen molar-refractivity contribution in [1.82, 2.24) is 5.32 Å². The number of amides is 2. The van der Waals surface area contributed by atoms with Crippen LogP contribution in [0.2, 0.25) is 0 Å². The minimum absolute atomic E-state index is 0.0938. The molecule has 1 heterocycles. The van der Waals surface area contributed by atoms with Crippen LogP contribution in [0.4, 0.5) is 0 Å². The third-order valence-electron chi connectivity index (χ3n) is 3.41. The zero-order valence-corrected chi connectivity index (χ0v) is 8.25. The SMILES string of the molecule is O=C1CC2(Cc3ccccc3C2)C(=O)N1. The van der Waals surface area contributed by atoms with E-state index in [0.29, 0.717) is 19.3 Å². The van der Waals surface area contributed by atoms with Gasteiger partial charge in [-0.3, -0.25) is 14.9 Å². The van der Waals surface area contributed by atoms with E-state index in [1.54, 1.807) is 0 Å². The Balaban J connectivity index is 2.01. The van der Waals surface area contributed by atoms with E-state index >= 15 is 0 Å². The smallest absolute Gasteiger partial charge is 0.233 e. The number of hydrogen-bond acceptors (Lipinski definition) is 2. The van der Waals surface area contributed by atoms with Crippen molar-refractivity contribution in [2.75, 3.05) is 0 Å². The third kappa shape index (κ3) is 1.12. The highest BCUT2D eigenvalue weighted by Crippen LogP contribution is 2.42. The van der Waals surface area contributed by atoms with Gasteiger partial charge in [0.2, 0.25) is 11.8 Å². The summed E-state index contributed by atoms with van der Waals surface area (Å²) in [6, 6.07) is 8.04. The summed E-state index contributed by atoms with van der Waals surface area (Å²) < 4.78 is 0. The molecule has 1 aliphatic heterocycles. The molecular weight excluding hydrogens is 190 g/mol. The number of carbonyl (C=O) groups is 2. The highest BCUT2D eigenvalue weighted by molar-refractivity contribution is 6.06. The Hall–Kier alpha value is -1.64. The summed E-state index contributed by atoms with van der Waals surface area (Å²) in [5.74, 6) is -0.225. The van der Waals surface area contributed by atoms with Crippen LogP contribution in [-0.2, 0) is 22.4 Å². The summed E-state index contributed by atoms with van der Waals surface area (Å²) in [6.45, 7) is 0. The van der Waals surface area contributed by atoms with Gasteiger partial charge in [-0.15, -0.1) is 0 Å². The molecule has 3 heteroatoms. The van der Waals surface area contributed by atoms with Crippen LogP contribution >= 0.6 is 0 Å². The van der Waals surface area contributed by atoms with Crippen molar-refractivity contribution in [1.29, 1.82) is 0 Å². The highest BCUT2D eigenvalue weighted by atomic mass is 16.2. The second kappa shape index (κ2) is 2.69. The molecule has 3 nitrogen and oxygen atoms in total. The van der Waals surface area contributed by atoms with E-state index in [2.05, 4.69) is 5.32 Å². The van der Waals surface area contributed by atoms with E-state index in [4.69, 9.17) is 0 Å². The van der Waals surface area contributed by atoms with Crippen LogP contribution in [0.15, 0.2) is 24.3 Å². The van der Waals surface area contributed by atoms with E-state index in [1.165, 1.54) is 11.1 Å². The topological polar surface area (TPSA) is 46.2 Å². The van der Waals surface area contributed by atoms with Crippen LogP contribution in [0.3, 0.4) is 0 Å². The molecule has 1 N–H and O–H groups in total. The lowest BCUT2D eigenvalue weighted by molar-refractivity contribution is -0.128. The lowest BCUT2D eigenvalue weighted by Gasteiger charge is -2.16. The molecule has 0 aromatic heterocycles. The molecule has 0 bridgehead atoms. The van der Waals surface area contributed by atoms with Crippen molar-refractivity contribution in [2.45, 2.75) is 19.3 Å². The molecule has 1 aliphatic carbocycles. The molecule has 2 aliphatic rings. The zero-order valence-electron chi connectivity index (χ0n) is 8.25. The van der Waals surface area contributed by atoms with Crippen LogP contribution in [0.25, 0.3) is 0 Å². The summed E-state index contributed by atoms with van der Waals surface area (Å²) in [7, 11) is 0. The Labute approximate surface area is 87.5 Å². The fraction of sp³-hybridized carbons (Fsp3) is 0.333. The second-order valence-electron chi connectivity index (χ2n) is 4.46. The van der Waals surface area contributed by atoms with Gasteiger partial charge in [-0.1, -0.05) is 24.3 Å². The molecule has 0 unspecified atom stereocenters. The van der Waals surface area contributed by atoms with Gasteiger partial charge in [0.1, 0.15) is 0 Å². The number of carbonyl (C=O) groups excluding carboxylic acids is 2. The minimum Gasteiger partial charge on any atom is -0.296 e. The number of nitrogens with one attached hydrogen (secondary N) is 1. The molecule has 76 valence electrons. The zero-order chi connectivity index (χ0) is 10.5. The first kappa shape index (κ1) is 8.65. The number of benzene rings is 1. The fourth-order valence-corrected chi connectivity index (χ4v) is 2.67. The maximum atomic E-state index is 11.7. The molecule has 0 radical (unpaired) electrons. The van der Waals surface area contributed by atoms with Gasteiger partial charge < -0.3 is 0 Å². The van der Waals surface area contributed by atoms with Gasteiger partial charge in [-0.2, -0.15) is 0 Å². The molecule has 3 rings (SSSR count). The van der Waals surface area contributed by atoms with Gasteiger partial charge in [0, 0.05) is 6.42 Å². The van der Waals surface area contributed by atoms with Crippen LogP contribution in [-0.4, -0.2) is 11.8 Å². The van der Waals surface area contributed by atoms with Gasteiger partial charge in [0.05, 0.1) is 5.41 Å². The lowest BCUT2D eigenvalue weighted by atomic mass is 9.83. The molecule has 0 saturated carbocycles. The van der Waals surface area contributed by atoms with Crippen molar-refractivity contribution in [3.8, 4) is 0 Å². The largest absolute Gasteiger partial charge is 0.296 e. The van der Waals surface area contributed by atoms with Gasteiger partial charge in [-0.25, -0.2) is 0 Å². The lowest BCUT2D eigenvalue weighted by Crippen LogP contribution is -2.32. The number of imide groups is 1. The van der Waals surface area contributed by atoms with Crippen LogP contribution in [0.1, 0.15) is 17.5 Å². The highest BCUT2D eigenvalue weighted by Gasteiger charge is 2.49. The first-order valence-electron chi connectivity index (χ1n) is 5.11. The molecule has 2 amide bonds. The van der Waals surface area contributed by atoms with E-state index in [0.717, 1.165) is 0 Å². The first-order chi connectivity index (χ1) is 7.20. The van der Waals surface area contributed by atoms with E-state index in [-0.39, 0.29) is 11.8 Å². The number of rotatable bonds is 0. The number of hydrogen-bond donors (Lipinski definition) is 1. The average molecular weight is 201 g/mol. The Bertz CT molecular complexity index is 439. The van der Waals surface area contributed by atoms with Crippen molar-refractivity contribution < 1.29 is 9.59 Å². The number of fused-ring (bicyclic) bond motifs is 1. The summed E-state index contributed by atoms with van der Waals surface area (Å²) in [6.07, 6.45) is 1.77. The summed E-state index contributed by atoms with van der Waals surface area (Å²) in [5, 5.41) is 2.41. The minimum atomic E-state index is -0.471. The molecule has 1 saturated heterocycles. The third-order valence-corrected chi connectivity index (χ3v) is 3.41. The maximum absolute atomic E-state index is 11.7. The summed E-state index contributed by atoms with van der Waals surface area (Å²) in [4.78, 5) is 23.0. The van der Waals surface area contributed by atoms with Crippen molar-refractivity contribution in [2.24, 2.45) is 5.41 Å². The van der Waals surface area contributed by atoms with Gasteiger partial charge in [-0.05, 0) is 24.0 Å². The Morgan fingerprint density at radius 2 is 1.60 bits per heavy atom. The molecule has 1 aromatic carbocycles. The van der Waals surface area contributed by atoms with E-state index in [9.17, 15) is 9.59 Å². The summed E-state index contributed by atoms with van der Waals surface area (Å²) in [5.41, 5.74) is 1.95. The Kier molecular flexibility index (Phi) is 1.55. The monoisotopic (exact) mass is 201 g/mol. The fourth-order valence-electron chi connectivity index (χ4n) is 2.67. The van der Waals surface area contributed by atoms with Crippen LogP contribution in [0.5, 0.6) is 0 Å². The molecule has 1 spiro atoms. The molecular formula is C12H11NO2. The molecule has 0 atom stereocenters. The van der Waals surface area contributed by atoms with E-state index in [1.807, 2.05) is 24.3 Å². The standard InChI is InChI=1S/C12H11NO2/c14-10-7-12(11(15)13-10)5-8-3-1-2-4-9(8)6-12/h1-4H,5-7H2,(H,13,14,15). The van der Waals surface area contributed by atoms with E-state index < -0.39 is 5.41 Å². The van der Waals surface area contributed by atoms with Crippen LogP contribution in [0, 0.1) is 5.41 Å². The maximum Gasteiger partial charge on any atom is 0.233 e. The van der Waals surface area contributed by atoms with Crippen LogP contribution < -0.4 is 5.32 Å². The van der Waals surface area contributed by atoms with Gasteiger partial charge >= 0.3 is 0 Å². The normalized spacial score (nSPS) is 21.9. The predicted molar refractivity (Wildman–Crippen MR) is 54.0 cm³/mol. The molecule has 1 fully saturated rings. The van der Waals surface area contributed by atoms with Crippen molar-refractivity contribution in [3.63, 3.8) is 0 Å². The predicted octanol–water partition coefficient (Wildman–Crippen LogP) is 0.818. The van der Waals surface area contributed by atoms with Crippen molar-refractivity contribution >= 4 is 11.8 Å². The molecule has 15 heavy (non-hydrogen) atoms. The summed E-state index contributed by atoms with van der Waals surface area (Å²) >= 11 is 0. The Morgan fingerprint density at radius 1 is 1.00 bits per heavy atom. The van der Waals surface area contributed by atoms with Crippen molar-refractivity contribution in [3.05, 3.63) is 35.4 Å². The second-order valence-corrected chi connectivity index (χ2v) is 4.46. The Morgan fingerprint density at radius 3 is 2.07 bits per heavy atom. The first-order valence-corrected chi connectivity index (χ1v) is 5.11. The molecule has 1 aromatic rings. The van der Waals surface area contributed by atoms with Gasteiger partial charge in [0.15, 0.2) is 0 Å². The average Bonchev–Trinajstić information content (AvgIpc) is 2.67.